The molecule has 2 rings (SSSR count). The monoisotopic (exact) mass is 277 g/mol. The number of rotatable bonds is 3. The lowest BCUT2D eigenvalue weighted by molar-refractivity contribution is 0.482. The number of nitriles is 1. The first kappa shape index (κ1) is 12.8. The van der Waals surface area contributed by atoms with Gasteiger partial charge in [-0.05, 0) is 42.0 Å². The van der Waals surface area contributed by atoms with Crippen molar-refractivity contribution in [3.63, 3.8) is 0 Å². The number of nitrogens with zero attached hydrogens (tertiary/aromatic N) is 1. The average Bonchev–Trinajstić information content (AvgIpc) is 2.40. The van der Waals surface area contributed by atoms with Crippen LogP contribution in [0, 0.1) is 11.3 Å². The topological polar surface area (TPSA) is 33.0 Å². The smallest absolute Gasteiger partial charge is 0.128 e. The van der Waals surface area contributed by atoms with E-state index in [1.54, 1.807) is 30.3 Å². The molecule has 2 nitrogen and oxygen atoms in total. The average molecular weight is 278 g/mol. The highest BCUT2D eigenvalue weighted by Crippen LogP contribution is 2.27. The molecule has 0 amide bonds. The van der Waals surface area contributed by atoms with E-state index < -0.39 is 0 Å². The van der Waals surface area contributed by atoms with Crippen LogP contribution < -0.4 is 4.74 Å². The molecule has 0 bridgehead atoms. The van der Waals surface area contributed by atoms with Crippen molar-refractivity contribution in [2.24, 2.45) is 0 Å². The van der Waals surface area contributed by atoms with Crippen LogP contribution in [0.2, 0.25) is 5.02 Å². The fraction of sp³-hybridized carbons (Fsp3) is 0.0714. The highest BCUT2D eigenvalue weighted by Gasteiger charge is 2.03. The Hall–Kier alpha value is -1.69. The molecule has 0 heterocycles. The van der Waals surface area contributed by atoms with Gasteiger partial charge >= 0.3 is 0 Å². The van der Waals surface area contributed by atoms with Gasteiger partial charge in [0, 0.05) is 10.9 Å². The Labute approximate surface area is 115 Å². The molecule has 0 radical (unpaired) electrons. The molecule has 0 aliphatic heterocycles. The molecule has 2 aromatic carbocycles. The van der Waals surface area contributed by atoms with Crippen molar-refractivity contribution >= 4 is 23.2 Å². The van der Waals surface area contributed by atoms with Crippen molar-refractivity contribution in [2.75, 3.05) is 0 Å². The summed E-state index contributed by atoms with van der Waals surface area (Å²) in [5, 5.41) is 9.27. The Morgan fingerprint density at radius 2 is 1.72 bits per heavy atom. The molecule has 0 atom stereocenters. The summed E-state index contributed by atoms with van der Waals surface area (Å²) < 4.78 is 5.62. The van der Waals surface area contributed by atoms with Gasteiger partial charge in [-0.15, -0.1) is 11.6 Å². The van der Waals surface area contributed by atoms with Crippen molar-refractivity contribution in [3.8, 4) is 17.6 Å². The van der Waals surface area contributed by atoms with Crippen LogP contribution in [-0.2, 0) is 5.88 Å². The minimum absolute atomic E-state index is 0.371. The number of hydrogen-bond acceptors (Lipinski definition) is 2. The van der Waals surface area contributed by atoms with Gasteiger partial charge in [-0.1, -0.05) is 17.7 Å². The van der Waals surface area contributed by atoms with E-state index in [1.807, 2.05) is 12.1 Å². The molecule has 0 saturated carbocycles. The highest BCUT2D eigenvalue weighted by molar-refractivity contribution is 6.32. The van der Waals surface area contributed by atoms with Crippen LogP contribution in [0.3, 0.4) is 0 Å². The standard InChI is InChI=1S/C14H9Cl2NO/c15-8-11-3-6-13(7-14(11)16)18-12-4-1-10(9-17)2-5-12/h1-7H,8H2. The summed E-state index contributed by atoms with van der Waals surface area (Å²) in [6, 6.07) is 14.3. The summed E-state index contributed by atoms with van der Waals surface area (Å²) in [5.41, 5.74) is 1.46. The molecule has 0 aliphatic rings. The Morgan fingerprint density at radius 1 is 1.06 bits per heavy atom. The Morgan fingerprint density at radius 3 is 2.28 bits per heavy atom. The highest BCUT2D eigenvalue weighted by atomic mass is 35.5. The zero-order valence-corrected chi connectivity index (χ0v) is 10.9. The first-order valence-electron chi connectivity index (χ1n) is 5.25. The summed E-state index contributed by atoms with van der Waals surface area (Å²) >= 11 is 11.8. The summed E-state index contributed by atoms with van der Waals surface area (Å²) in [6.07, 6.45) is 0. The molecule has 0 saturated heterocycles. The van der Waals surface area contributed by atoms with Crippen LogP contribution in [0.1, 0.15) is 11.1 Å². The van der Waals surface area contributed by atoms with Gasteiger partial charge in [0.05, 0.1) is 11.6 Å². The minimum Gasteiger partial charge on any atom is -0.457 e. The molecule has 0 aliphatic carbocycles. The molecule has 18 heavy (non-hydrogen) atoms. The van der Waals surface area contributed by atoms with Crippen molar-refractivity contribution in [3.05, 3.63) is 58.6 Å². The van der Waals surface area contributed by atoms with Crippen LogP contribution in [0.15, 0.2) is 42.5 Å². The lowest BCUT2D eigenvalue weighted by Gasteiger charge is -2.07. The molecule has 0 aromatic heterocycles. The van der Waals surface area contributed by atoms with Crippen LogP contribution >= 0.6 is 23.2 Å². The molecule has 0 spiro atoms. The third kappa shape index (κ3) is 2.95. The number of halogens is 2. The van der Waals surface area contributed by atoms with E-state index in [0.717, 1.165) is 5.56 Å². The van der Waals surface area contributed by atoms with Crippen molar-refractivity contribution in [1.29, 1.82) is 5.26 Å². The van der Waals surface area contributed by atoms with Gasteiger partial charge in [0.1, 0.15) is 11.5 Å². The normalized spacial score (nSPS) is 9.83. The summed E-state index contributed by atoms with van der Waals surface area (Å²) in [6.45, 7) is 0. The molecule has 90 valence electrons. The SMILES string of the molecule is N#Cc1ccc(Oc2ccc(CCl)c(Cl)c2)cc1. The first-order valence-corrected chi connectivity index (χ1v) is 6.16. The lowest BCUT2D eigenvalue weighted by atomic mass is 10.2. The lowest BCUT2D eigenvalue weighted by Crippen LogP contribution is -1.86. The third-order valence-electron chi connectivity index (χ3n) is 2.39. The van der Waals surface area contributed by atoms with E-state index in [1.165, 1.54) is 0 Å². The molecular formula is C14H9Cl2NO. The van der Waals surface area contributed by atoms with E-state index in [4.69, 9.17) is 33.2 Å². The summed E-state index contributed by atoms with van der Waals surface area (Å²) in [5.74, 6) is 1.66. The van der Waals surface area contributed by atoms with Gasteiger partial charge in [-0.25, -0.2) is 0 Å². The minimum atomic E-state index is 0.371. The molecular weight excluding hydrogens is 269 g/mol. The Kier molecular flexibility index (Phi) is 4.09. The van der Waals surface area contributed by atoms with Crippen molar-refractivity contribution < 1.29 is 4.74 Å². The van der Waals surface area contributed by atoms with Gasteiger partial charge in [0.2, 0.25) is 0 Å². The molecule has 0 N–H and O–H groups in total. The number of ether oxygens (including phenoxy) is 1. The maximum absolute atomic E-state index is 8.69. The second-order valence-corrected chi connectivity index (χ2v) is 4.30. The van der Waals surface area contributed by atoms with E-state index in [2.05, 4.69) is 6.07 Å². The molecule has 4 heteroatoms. The zero-order valence-electron chi connectivity index (χ0n) is 9.36. The van der Waals surface area contributed by atoms with Crippen LogP contribution in [0.5, 0.6) is 11.5 Å². The van der Waals surface area contributed by atoms with Crippen LogP contribution in [0.4, 0.5) is 0 Å². The fourth-order valence-electron chi connectivity index (χ4n) is 1.43. The van der Waals surface area contributed by atoms with Crippen molar-refractivity contribution in [2.45, 2.75) is 5.88 Å². The molecule has 2 aromatic rings. The molecule has 0 unspecified atom stereocenters. The van der Waals surface area contributed by atoms with E-state index >= 15 is 0 Å². The predicted octanol–water partition coefficient (Wildman–Crippen LogP) is 4.74. The Balaban J connectivity index is 2.18. The number of hydrogen-bond donors (Lipinski definition) is 0. The quantitative estimate of drug-likeness (QED) is 0.759. The maximum atomic E-state index is 8.69. The van der Waals surface area contributed by atoms with Gasteiger partial charge in [-0.3, -0.25) is 0 Å². The van der Waals surface area contributed by atoms with E-state index in [0.29, 0.717) is 28.0 Å². The maximum Gasteiger partial charge on any atom is 0.128 e. The second-order valence-electron chi connectivity index (χ2n) is 3.63. The Bertz CT molecular complexity index is 588. The largest absolute Gasteiger partial charge is 0.457 e. The zero-order chi connectivity index (χ0) is 13.0. The van der Waals surface area contributed by atoms with Crippen LogP contribution in [-0.4, -0.2) is 0 Å². The number of benzene rings is 2. The van der Waals surface area contributed by atoms with Crippen molar-refractivity contribution in [1.82, 2.24) is 0 Å². The predicted molar refractivity (Wildman–Crippen MR) is 72.2 cm³/mol. The van der Waals surface area contributed by atoms with Gasteiger partial charge in [0.25, 0.3) is 0 Å². The third-order valence-corrected chi connectivity index (χ3v) is 3.03. The fourth-order valence-corrected chi connectivity index (χ4v) is 1.97. The molecule has 0 fully saturated rings. The van der Waals surface area contributed by atoms with Gasteiger partial charge in [0.15, 0.2) is 0 Å². The van der Waals surface area contributed by atoms with Gasteiger partial charge in [-0.2, -0.15) is 5.26 Å². The van der Waals surface area contributed by atoms with Gasteiger partial charge < -0.3 is 4.74 Å². The first-order chi connectivity index (χ1) is 8.72. The van der Waals surface area contributed by atoms with E-state index in [-0.39, 0.29) is 0 Å². The van der Waals surface area contributed by atoms with E-state index in [9.17, 15) is 0 Å². The summed E-state index contributed by atoms with van der Waals surface area (Å²) in [7, 11) is 0. The summed E-state index contributed by atoms with van der Waals surface area (Å²) in [4.78, 5) is 0. The second kappa shape index (κ2) is 5.77. The van der Waals surface area contributed by atoms with Crippen LogP contribution in [0.25, 0.3) is 0 Å². The number of alkyl halides is 1.